The molecule has 0 radical (unpaired) electrons. The van der Waals surface area contributed by atoms with Gasteiger partial charge in [0.15, 0.2) is 0 Å². The van der Waals surface area contributed by atoms with Crippen LogP contribution in [0.2, 0.25) is 0 Å². The average molecular weight is 250 g/mol. The third-order valence-corrected chi connectivity index (χ3v) is 3.82. The van der Waals surface area contributed by atoms with E-state index in [2.05, 4.69) is 51.3 Å². The number of ether oxygens (including phenoxy) is 1. The molecule has 1 aromatic carbocycles. The fraction of sp³-hybridized carbons (Fsp3) is 0.600. The van der Waals surface area contributed by atoms with E-state index in [-0.39, 0.29) is 11.6 Å². The molecule has 1 rings (SSSR count). The van der Waals surface area contributed by atoms with E-state index in [1.54, 1.807) is 0 Å². The molecule has 102 valence electrons. The molecule has 0 bridgehead atoms. The smallest absolute Gasteiger partial charge is 0.0858 e. The lowest BCUT2D eigenvalue weighted by atomic mass is 9.87. The first kappa shape index (κ1) is 15.2. The molecule has 0 fully saturated rings. The summed E-state index contributed by atoms with van der Waals surface area (Å²) in [7, 11) is 0. The summed E-state index contributed by atoms with van der Waals surface area (Å²) in [5, 5.41) is 0. The van der Waals surface area contributed by atoms with Crippen LogP contribution in [0, 0.1) is 13.8 Å². The first-order valence-electron chi connectivity index (χ1n) is 6.65. The van der Waals surface area contributed by atoms with Gasteiger partial charge in [-0.2, -0.15) is 0 Å². The van der Waals surface area contributed by atoms with Gasteiger partial charge in [0.2, 0.25) is 0 Å². The van der Waals surface area contributed by atoms with Crippen molar-refractivity contribution in [3.8, 4) is 0 Å². The van der Waals surface area contributed by atoms with Crippen LogP contribution >= 0.6 is 0 Å². The largest absolute Gasteiger partial charge is 0.374 e. The number of hydrogen-bond donors (Lipinski definition) is 2. The second-order valence-electron chi connectivity index (χ2n) is 5.04. The quantitative estimate of drug-likeness (QED) is 0.602. The third kappa shape index (κ3) is 3.10. The standard InChI is InChI=1S/C15H26N2O/c1-6-15(5,18-7-2)14(17-16)13-9-8-11(3)12(4)10-13/h8-10,14,17H,6-7,16H2,1-5H3. The minimum atomic E-state index is -0.287. The maximum atomic E-state index is 5.91. The average Bonchev–Trinajstić information content (AvgIpc) is 2.35. The lowest BCUT2D eigenvalue weighted by molar-refractivity contribution is -0.0564. The lowest BCUT2D eigenvalue weighted by Crippen LogP contribution is -2.46. The number of hydrogen-bond acceptors (Lipinski definition) is 3. The molecule has 3 heteroatoms. The molecule has 1 aromatic rings. The highest BCUT2D eigenvalue weighted by Gasteiger charge is 2.33. The Balaban J connectivity index is 3.11. The molecule has 3 nitrogen and oxygen atoms in total. The summed E-state index contributed by atoms with van der Waals surface area (Å²) in [5.41, 5.74) is 6.38. The van der Waals surface area contributed by atoms with Crippen molar-refractivity contribution >= 4 is 0 Å². The second kappa shape index (κ2) is 6.32. The topological polar surface area (TPSA) is 47.3 Å². The normalized spacial score (nSPS) is 16.3. The van der Waals surface area contributed by atoms with Crippen LogP contribution in [0.4, 0.5) is 0 Å². The number of benzene rings is 1. The van der Waals surface area contributed by atoms with Gasteiger partial charge in [-0.15, -0.1) is 0 Å². The molecule has 0 amide bonds. The molecule has 2 unspecified atom stereocenters. The van der Waals surface area contributed by atoms with Gasteiger partial charge in [0.25, 0.3) is 0 Å². The van der Waals surface area contributed by atoms with Crippen molar-refractivity contribution in [2.75, 3.05) is 6.61 Å². The van der Waals surface area contributed by atoms with Crippen molar-refractivity contribution in [1.29, 1.82) is 0 Å². The molecule has 3 N–H and O–H groups in total. The molecule has 0 spiro atoms. The molecular formula is C15H26N2O. The summed E-state index contributed by atoms with van der Waals surface area (Å²) >= 11 is 0. The molecule has 0 saturated heterocycles. The van der Waals surface area contributed by atoms with Gasteiger partial charge in [-0.3, -0.25) is 11.3 Å². The van der Waals surface area contributed by atoms with E-state index >= 15 is 0 Å². The van der Waals surface area contributed by atoms with Crippen LogP contribution < -0.4 is 11.3 Å². The van der Waals surface area contributed by atoms with E-state index in [1.807, 2.05) is 6.92 Å². The van der Waals surface area contributed by atoms with Crippen LogP contribution in [-0.2, 0) is 4.74 Å². The molecule has 0 aromatic heterocycles. The van der Waals surface area contributed by atoms with E-state index in [9.17, 15) is 0 Å². The van der Waals surface area contributed by atoms with E-state index in [1.165, 1.54) is 16.7 Å². The zero-order valence-corrected chi connectivity index (χ0v) is 12.2. The Labute approximate surface area is 111 Å². The van der Waals surface area contributed by atoms with Gasteiger partial charge in [-0.1, -0.05) is 25.1 Å². The van der Waals surface area contributed by atoms with E-state index < -0.39 is 0 Å². The Morgan fingerprint density at radius 1 is 1.28 bits per heavy atom. The maximum absolute atomic E-state index is 5.91. The van der Waals surface area contributed by atoms with E-state index in [4.69, 9.17) is 10.6 Å². The number of rotatable bonds is 6. The fourth-order valence-electron chi connectivity index (χ4n) is 2.29. The highest BCUT2D eigenvalue weighted by Crippen LogP contribution is 2.32. The number of hydrazine groups is 1. The van der Waals surface area contributed by atoms with Crippen molar-refractivity contribution in [2.24, 2.45) is 5.84 Å². The van der Waals surface area contributed by atoms with Gasteiger partial charge < -0.3 is 4.74 Å². The van der Waals surface area contributed by atoms with Crippen molar-refractivity contribution in [3.63, 3.8) is 0 Å². The van der Waals surface area contributed by atoms with Gasteiger partial charge in [-0.25, -0.2) is 0 Å². The SMILES string of the molecule is CCOC(C)(CC)C(NN)c1ccc(C)c(C)c1. The number of nitrogens with two attached hydrogens (primary N) is 1. The Bertz CT molecular complexity index is 392. The van der Waals surface area contributed by atoms with Crippen LogP contribution in [-0.4, -0.2) is 12.2 Å². The van der Waals surface area contributed by atoms with Crippen LogP contribution in [0.25, 0.3) is 0 Å². The van der Waals surface area contributed by atoms with Crippen molar-refractivity contribution in [2.45, 2.75) is 52.7 Å². The molecule has 0 aliphatic heterocycles. The predicted octanol–water partition coefficient (Wildman–Crippen LogP) is 3.01. The zero-order valence-electron chi connectivity index (χ0n) is 12.2. The fourth-order valence-corrected chi connectivity index (χ4v) is 2.29. The third-order valence-electron chi connectivity index (χ3n) is 3.82. The summed E-state index contributed by atoms with van der Waals surface area (Å²) in [6, 6.07) is 6.45. The van der Waals surface area contributed by atoms with Crippen molar-refractivity contribution < 1.29 is 4.74 Å². The van der Waals surface area contributed by atoms with Gasteiger partial charge in [0.1, 0.15) is 0 Å². The molecule has 0 saturated carbocycles. The Morgan fingerprint density at radius 3 is 2.39 bits per heavy atom. The summed E-state index contributed by atoms with van der Waals surface area (Å²) in [4.78, 5) is 0. The molecule has 0 aliphatic rings. The van der Waals surface area contributed by atoms with Gasteiger partial charge in [-0.05, 0) is 50.8 Å². The summed E-state index contributed by atoms with van der Waals surface area (Å²) in [6.45, 7) is 11.2. The molecule has 0 aliphatic carbocycles. The number of nitrogens with one attached hydrogen (secondary N) is 1. The summed E-state index contributed by atoms with van der Waals surface area (Å²) < 4.78 is 5.91. The first-order valence-corrected chi connectivity index (χ1v) is 6.65. The van der Waals surface area contributed by atoms with Gasteiger partial charge in [0.05, 0.1) is 11.6 Å². The molecule has 2 atom stereocenters. The summed E-state index contributed by atoms with van der Waals surface area (Å²) in [5.74, 6) is 5.75. The number of aryl methyl sites for hydroxylation is 2. The van der Waals surface area contributed by atoms with Gasteiger partial charge in [0, 0.05) is 6.61 Å². The minimum Gasteiger partial charge on any atom is -0.374 e. The second-order valence-corrected chi connectivity index (χ2v) is 5.04. The van der Waals surface area contributed by atoms with E-state index in [0.717, 1.165) is 6.42 Å². The highest BCUT2D eigenvalue weighted by molar-refractivity contribution is 5.33. The van der Waals surface area contributed by atoms with Crippen LogP contribution in [0.15, 0.2) is 18.2 Å². The predicted molar refractivity (Wildman–Crippen MR) is 76.3 cm³/mol. The monoisotopic (exact) mass is 250 g/mol. The minimum absolute atomic E-state index is 0.00162. The summed E-state index contributed by atoms with van der Waals surface area (Å²) in [6.07, 6.45) is 0.905. The van der Waals surface area contributed by atoms with Crippen LogP contribution in [0.3, 0.4) is 0 Å². The Kier molecular flexibility index (Phi) is 5.32. The van der Waals surface area contributed by atoms with Crippen LogP contribution in [0.1, 0.15) is 49.9 Å². The lowest BCUT2D eigenvalue weighted by Gasteiger charge is -2.36. The van der Waals surface area contributed by atoms with Crippen LogP contribution in [0.5, 0.6) is 0 Å². The Hall–Kier alpha value is -0.900. The molecular weight excluding hydrogens is 224 g/mol. The van der Waals surface area contributed by atoms with Crippen molar-refractivity contribution in [1.82, 2.24) is 5.43 Å². The van der Waals surface area contributed by atoms with Crippen molar-refractivity contribution in [3.05, 3.63) is 34.9 Å². The van der Waals surface area contributed by atoms with Gasteiger partial charge >= 0.3 is 0 Å². The first-order chi connectivity index (χ1) is 8.48. The molecule has 18 heavy (non-hydrogen) atoms. The zero-order chi connectivity index (χ0) is 13.8. The highest BCUT2D eigenvalue weighted by atomic mass is 16.5. The maximum Gasteiger partial charge on any atom is 0.0858 e. The van der Waals surface area contributed by atoms with E-state index in [0.29, 0.717) is 6.61 Å². The Morgan fingerprint density at radius 2 is 1.94 bits per heavy atom. The molecule has 0 heterocycles.